The molecule has 1 amide bonds. The van der Waals surface area contributed by atoms with Crippen LogP contribution in [0.25, 0.3) is 6.08 Å². The number of carbonyl (C=O) groups is 2. The minimum Gasteiger partial charge on any atom is -0.301 e. The van der Waals surface area contributed by atoms with Crippen LogP contribution >= 0.6 is 23.2 Å². The number of nitrogens with zero attached hydrogens (tertiary/aromatic N) is 1. The van der Waals surface area contributed by atoms with Gasteiger partial charge in [0, 0.05) is 12.1 Å². The number of amides is 1. The van der Waals surface area contributed by atoms with Gasteiger partial charge in [-0.25, -0.2) is 0 Å². The van der Waals surface area contributed by atoms with Crippen molar-refractivity contribution < 1.29 is 9.59 Å². The molecule has 1 aliphatic heterocycles. The number of fused-ring (bicyclic) bond motifs is 1. The van der Waals surface area contributed by atoms with E-state index in [1.807, 2.05) is 30.4 Å². The van der Waals surface area contributed by atoms with Gasteiger partial charge in [-0.15, -0.1) is 0 Å². The first kappa shape index (κ1) is 15.8. The van der Waals surface area contributed by atoms with Crippen molar-refractivity contribution in [2.24, 2.45) is 0 Å². The number of ketones is 1. The van der Waals surface area contributed by atoms with Crippen molar-refractivity contribution in [1.82, 2.24) is 4.90 Å². The van der Waals surface area contributed by atoms with Crippen molar-refractivity contribution in [1.29, 1.82) is 0 Å². The summed E-state index contributed by atoms with van der Waals surface area (Å²) in [6.45, 7) is 0.321. The number of rotatable bonds is 3. The molecule has 0 aromatic heterocycles. The molecule has 1 fully saturated rings. The van der Waals surface area contributed by atoms with Gasteiger partial charge in [0.25, 0.3) is 11.7 Å². The summed E-state index contributed by atoms with van der Waals surface area (Å²) < 4.78 is 0. The second kappa shape index (κ2) is 6.57. The average molecular weight is 346 g/mol. The summed E-state index contributed by atoms with van der Waals surface area (Å²) in [5.41, 5.74) is 2.03. The third-order valence-electron chi connectivity index (χ3n) is 3.64. The van der Waals surface area contributed by atoms with E-state index in [9.17, 15) is 9.59 Å². The standard InChI is InChI=1S/C18H13Cl2NO2/c19-14-9-8-12(11-15(14)20)5-4-10-21-16-7-3-1-2-6-13(16)17(22)18(21)23/h1,3-9,11H,2,10H2/b5-4+. The largest absolute Gasteiger partial charge is 0.301 e. The second-order valence-corrected chi connectivity index (χ2v) is 5.97. The fourth-order valence-corrected chi connectivity index (χ4v) is 2.81. The molecule has 0 radical (unpaired) electrons. The van der Waals surface area contributed by atoms with Crippen LogP contribution in [0, 0.1) is 0 Å². The number of benzene rings is 1. The number of hydrogen-bond donors (Lipinski definition) is 0. The highest BCUT2D eigenvalue weighted by Crippen LogP contribution is 2.28. The second-order valence-electron chi connectivity index (χ2n) is 5.15. The van der Waals surface area contributed by atoms with Crippen molar-refractivity contribution in [3.8, 4) is 0 Å². The lowest BCUT2D eigenvalue weighted by atomic mass is 10.1. The molecule has 0 spiro atoms. The highest BCUT2D eigenvalue weighted by Gasteiger charge is 2.37. The predicted octanol–water partition coefficient (Wildman–Crippen LogP) is 4.19. The Bertz CT molecular complexity index is 803. The number of halogens is 2. The summed E-state index contributed by atoms with van der Waals surface area (Å²) >= 11 is 11.9. The topological polar surface area (TPSA) is 37.4 Å². The molecule has 0 saturated carbocycles. The van der Waals surface area contributed by atoms with Crippen LogP contribution in [0.5, 0.6) is 0 Å². The Kier molecular flexibility index (Phi) is 4.51. The first-order chi connectivity index (χ1) is 11.1. The van der Waals surface area contributed by atoms with Gasteiger partial charge in [-0.2, -0.15) is 0 Å². The number of likely N-dealkylation sites (tertiary alicyclic amines) is 1. The summed E-state index contributed by atoms with van der Waals surface area (Å²) in [4.78, 5) is 25.6. The molecule has 1 aromatic rings. The molecule has 0 unspecified atom stereocenters. The summed E-state index contributed by atoms with van der Waals surface area (Å²) in [6, 6.07) is 5.30. The summed E-state index contributed by atoms with van der Waals surface area (Å²) in [5.74, 6) is -0.931. The van der Waals surface area contributed by atoms with Gasteiger partial charge in [-0.1, -0.05) is 59.6 Å². The lowest BCUT2D eigenvalue weighted by Crippen LogP contribution is -2.26. The van der Waals surface area contributed by atoms with Gasteiger partial charge in [0.1, 0.15) is 0 Å². The highest BCUT2D eigenvalue weighted by molar-refractivity contribution is 6.47. The number of hydrogen-bond acceptors (Lipinski definition) is 2. The lowest BCUT2D eigenvalue weighted by molar-refractivity contribution is -0.138. The van der Waals surface area contributed by atoms with Gasteiger partial charge in [0.05, 0.1) is 15.7 Å². The maximum Gasteiger partial charge on any atom is 0.299 e. The fraction of sp³-hybridized carbons (Fsp3) is 0.111. The minimum atomic E-state index is -0.489. The lowest BCUT2D eigenvalue weighted by Gasteiger charge is -2.14. The van der Waals surface area contributed by atoms with E-state index in [4.69, 9.17) is 23.2 Å². The van der Waals surface area contributed by atoms with Gasteiger partial charge < -0.3 is 4.90 Å². The van der Waals surface area contributed by atoms with Crippen LogP contribution in [0.4, 0.5) is 0 Å². The van der Waals surface area contributed by atoms with Gasteiger partial charge in [-0.3, -0.25) is 9.59 Å². The molecule has 3 nitrogen and oxygen atoms in total. The molecule has 0 bridgehead atoms. The van der Waals surface area contributed by atoms with Crippen LogP contribution in [0.1, 0.15) is 12.0 Å². The zero-order valence-corrected chi connectivity index (χ0v) is 13.6. The third kappa shape index (κ3) is 3.16. The zero-order chi connectivity index (χ0) is 16.4. The smallest absolute Gasteiger partial charge is 0.299 e. The summed E-state index contributed by atoms with van der Waals surface area (Å²) in [6.07, 6.45) is 11.7. The SMILES string of the molecule is O=C1C(=O)N(C/C=C/c2ccc(Cl)c(Cl)c2)C2=CC=CCC=C12. The Morgan fingerprint density at radius 2 is 2.00 bits per heavy atom. The van der Waals surface area contributed by atoms with E-state index in [2.05, 4.69) is 0 Å². The maximum absolute atomic E-state index is 12.1. The van der Waals surface area contributed by atoms with E-state index >= 15 is 0 Å². The zero-order valence-electron chi connectivity index (χ0n) is 12.1. The molecule has 116 valence electrons. The molecule has 3 rings (SSSR count). The van der Waals surface area contributed by atoms with Crippen LogP contribution in [0.3, 0.4) is 0 Å². The van der Waals surface area contributed by atoms with E-state index in [1.54, 1.807) is 24.3 Å². The van der Waals surface area contributed by atoms with Crippen LogP contribution in [0.2, 0.25) is 10.0 Å². The average Bonchev–Trinajstić information content (AvgIpc) is 2.73. The monoisotopic (exact) mass is 345 g/mol. The number of carbonyl (C=O) groups excluding carboxylic acids is 2. The Morgan fingerprint density at radius 3 is 2.78 bits per heavy atom. The Hall–Kier alpha value is -2.10. The van der Waals surface area contributed by atoms with Crippen LogP contribution in [-0.4, -0.2) is 23.1 Å². The van der Waals surface area contributed by atoms with Gasteiger partial charge >= 0.3 is 0 Å². The number of Topliss-reactive ketones (excluding diaryl/α,β-unsaturated/α-hetero) is 1. The number of allylic oxidation sites excluding steroid dienone is 5. The normalized spacial score (nSPS) is 17.4. The quantitative estimate of drug-likeness (QED) is 0.770. The summed E-state index contributed by atoms with van der Waals surface area (Å²) in [5, 5.41) is 0.970. The molecule has 5 heteroatoms. The molecular weight excluding hydrogens is 333 g/mol. The van der Waals surface area contributed by atoms with Gasteiger partial charge in [-0.05, 0) is 30.2 Å². The molecule has 23 heavy (non-hydrogen) atoms. The van der Waals surface area contributed by atoms with Gasteiger partial charge in [0.15, 0.2) is 0 Å². The Labute approximate surface area is 144 Å². The van der Waals surface area contributed by atoms with E-state index < -0.39 is 11.7 Å². The first-order valence-corrected chi connectivity index (χ1v) is 7.88. The molecule has 1 aliphatic carbocycles. The Balaban J connectivity index is 1.79. The molecule has 2 aliphatic rings. The van der Waals surface area contributed by atoms with Crippen molar-refractivity contribution in [3.05, 3.63) is 75.5 Å². The van der Waals surface area contributed by atoms with E-state index in [0.717, 1.165) is 5.56 Å². The van der Waals surface area contributed by atoms with Crippen molar-refractivity contribution >= 4 is 41.0 Å². The molecular formula is C18H13Cl2NO2. The van der Waals surface area contributed by atoms with Crippen molar-refractivity contribution in [2.75, 3.05) is 6.54 Å². The van der Waals surface area contributed by atoms with Crippen molar-refractivity contribution in [3.63, 3.8) is 0 Å². The van der Waals surface area contributed by atoms with Crippen LogP contribution in [0.15, 0.2) is 59.8 Å². The van der Waals surface area contributed by atoms with Gasteiger partial charge in [0.2, 0.25) is 0 Å². The molecule has 0 atom stereocenters. The molecule has 1 heterocycles. The third-order valence-corrected chi connectivity index (χ3v) is 4.38. The van der Waals surface area contributed by atoms with Crippen molar-refractivity contribution in [2.45, 2.75) is 6.42 Å². The molecule has 0 N–H and O–H groups in total. The van der Waals surface area contributed by atoms with E-state index in [1.165, 1.54) is 4.90 Å². The van der Waals surface area contributed by atoms with E-state index in [0.29, 0.717) is 34.3 Å². The van der Waals surface area contributed by atoms with Crippen LogP contribution < -0.4 is 0 Å². The van der Waals surface area contributed by atoms with E-state index in [-0.39, 0.29) is 0 Å². The minimum absolute atomic E-state index is 0.321. The molecule has 1 saturated heterocycles. The Morgan fingerprint density at radius 1 is 1.17 bits per heavy atom. The fourth-order valence-electron chi connectivity index (χ4n) is 2.50. The maximum atomic E-state index is 12.1. The van der Waals surface area contributed by atoms with Crippen LogP contribution in [-0.2, 0) is 9.59 Å². The first-order valence-electron chi connectivity index (χ1n) is 7.13. The molecule has 1 aromatic carbocycles. The summed E-state index contributed by atoms with van der Waals surface area (Å²) in [7, 11) is 0. The predicted molar refractivity (Wildman–Crippen MR) is 92.1 cm³/mol. The highest BCUT2D eigenvalue weighted by atomic mass is 35.5.